The second-order valence-corrected chi connectivity index (χ2v) is 4.80. The quantitative estimate of drug-likeness (QED) is 0.846. The maximum absolute atomic E-state index is 13.3. The molecule has 0 amide bonds. The molecule has 5 heteroatoms. The van der Waals surface area contributed by atoms with Crippen LogP contribution in [0.15, 0.2) is 36.4 Å². The van der Waals surface area contributed by atoms with Gasteiger partial charge in [-0.15, -0.1) is 0 Å². The van der Waals surface area contributed by atoms with E-state index in [1.807, 2.05) is 0 Å². The van der Waals surface area contributed by atoms with Crippen molar-refractivity contribution in [1.29, 1.82) is 0 Å². The predicted octanol–water partition coefficient (Wildman–Crippen LogP) is 3.52. The maximum atomic E-state index is 13.3. The minimum atomic E-state index is -0.240. The van der Waals surface area contributed by atoms with Gasteiger partial charge in [0, 0.05) is 17.3 Å². The highest BCUT2D eigenvalue weighted by Gasteiger charge is 2.08. The summed E-state index contributed by atoms with van der Waals surface area (Å²) in [4.78, 5) is 0.286. The van der Waals surface area contributed by atoms with E-state index in [0.29, 0.717) is 16.9 Å². The van der Waals surface area contributed by atoms with Gasteiger partial charge in [-0.3, -0.25) is 0 Å². The minimum absolute atomic E-state index is 0.240. The number of thiocarbonyl (C=S) groups is 1. The minimum Gasteiger partial charge on any atom is -0.497 e. The molecule has 0 unspecified atom stereocenters. The Morgan fingerprint density at radius 3 is 2.60 bits per heavy atom. The van der Waals surface area contributed by atoms with Crippen LogP contribution in [0.4, 0.5) is 15.8 Å². The van der Waals surface area contributed by atoms with Gasteiger partial charge in [-0.25, -0.2) is 4.39 Å². The van der Waals surface area contributed by atoms with Crippen molar-refractivity contribution < 1.29 is 9.13 Å². The van der Waals surface area contributed by atoms with Crippen molar-refractivity contribution in [2.24, 2.45) is 5.73 Å². The first-order valence-corrected chi connectivity index (χ1v) is 6.43. The molecule has 20 heavy (non-hydrogen) atoms. The second-order valence-electron chi connectivity index (χ2n) is 4.36. The molecule has 0 aromatic heterocycles. The van der Waals surface area contributed by atoms with Crippen LogP contribution in [-0.4, -0.2) is 12.1 Å². The van der Waals surface area contributed by atoms with Gasteiger partial charge in [0.1, 0.15) is 16.6 Å². The first-order chi connectivity index (χ1) is 9.51. The summed E-state index contributed by atoms with van der Waals surface area (Å²) in [5, 5.41) is 3.18. The number of benzene rings is 2. The first-order valence-electron chi connectivity index (χ1n) is 6.02. The highest BCUT2D eigenvalue weighted by Crippen LogP contribution is 2.26. The summed E-state index contributed by atoms with van der Waals surface area (Å²) in [6, 6.07) is 10.2. The van der Waals surface area contributed by atoms with E-state index >= 15 is 0 Å². The molecule has 2 aromatic rings. The molecule has 0 fully saturated rings. The smallest absolute Gasteiger partial charge is 0.126 e. The molecule has 0 spiro atoms. The van der Waals surface area contributed by atoms with E-state index in [1.54, 1.807) is 44.4 Å². The Labute approximate surface area is 122 Å². The number of aryl methyl sites for hydroxylation is 1. The largest absolute Gasteiger partial charge is 0.497 e. The van der Waals surface area contributed by atoms with E-state index in [0.717, 1.165) is 11.4 Å². The molecule has 3 nitrogen and oxygen atoms in total. The van der Waals surface area contributed by atoms with Crippen molar-refractivity contribution >= 4 is 28.6 Å². The van der Waals surface area contributed by atoms with Crippen LogP contribution < -0.4 is 15.8 Å². The van der Waals surface area contributed by atoms with Crippen LogP contribution >= 0.6 is 12.2 Å². The fraction of sp³-hybridized carbons (Fsp3) is 0.133. The van der Waals surface area contributed by atoms with Gasteiger partial charge in [0.15, 0.2) is 0 Å². The monoisotopic (exact) mass is 290 g/mol. The SMILES string of the molecule is COc1ccc(C(N)=S)c(Nc2ccc(F)c(C)c2)c1. The van der Waals surface area contributed by atoms with Crippen molar-refractivity contribution in [3.05, 3.63) is 53.3 Å². The average molecular weight is 290 g/mol. The second kappa shape index (κ2) is 5.88. The third-order valence-electron chi connectivity index (χ3n) is 2.93. The fourth-order valence-electron chi connectivity index (χ4n) is 1.85. The Morgan fingerprint density at radius 2 is 2.00 bits per heavy atom. The summed E-state index contributed by atoms with van der Waals surface area (Å²) in [5.74, 6) is 0.446. The van der Waals surface area contributed by atoms with Gasteiger partial charge in [0.2, 0.25) is 0 Å². The molecule has 0 atom stereocenters. The van der Waals surface area contributed by atoms with Crippen LogP contribution in [-0.2, 0) is 0 Å². The summed E-state index contributed by atoms with van der Waals surface area (Å²) in [7, 11) is 1.58. The van der Waals surface area contributed by atoms with Crippen LogP contribution in [0.25, 0.3) is 0 Å². The van der Waals surface area contributed by atoms with Crippen molar-refractivity contribution in [1.82, 2.24) is 0 Å². The van der Waals surface area contributed by atoms with Crippen LogP contribution in [0, 0.1) is 12.7 Å². The third-order valence-corrected chi connectivity index (χ3v) is 3.15. The zero-order valence-corrected chi connectivity index (χ0v) is 12.1. The Morgan fingerprint density at radius 1 is 1.25 bits per heavy atom. The lowest BCUT2D eigenvalue weighted by Crippen LogP contribution is -2.12. The average Bonchev–Trinajstić information content (AvgIpc) is 2.42. The molecule has 0 radical (unpaired) electrons. The van der Waals surface area contributed by atoms with Crippen LogP contribution in [0.5, 0.6) is 5.75 Å². The summed E-state index contributed by atoms with van der Waals surface area (Å²) in [6.45, 7) is 1.71. The number of halogens is 1. The lowest BCUT2D eigenvalue weighted by molar-refractivity contribution is 0.415. The highest BCUT2D eigenvalue weighted by molar-refractivity contribution is 7.80. The standard InChI is InChI=1S/C15H15FN2OS/c1-9-7-10(3-6-13(9)16)18-14-8-11(19-2)4-5-12(14)15(17)20/h3-8,18H,1-2H3,(H2,17,20). The topological polar surface area (TPSA) is 47.3 Å². The van der Waals surface area contributed by atoms with Crippen LogP contribution in [0.2, 0.25) is 0 Å². The predicted molar refractivity (Wildman–Crippen MR) is 83.3 cm³/mol. The molecule has 0 aliphatic heterocycles. The number of nitrogens with two attached hydrogens (primary N) is 1. The number of hydrogen-bond donors (Lipinski definition) is 2. The highest BCUT2D eigenvalue weighted by atomic mass is 32.1. The lowest BCUT2D eigenvalue weighted by atomic mass is 10.1. The van der Waals surface area contributed by atoms with Crippen molar-refractivity contribution in [3.8, 4) is 5.75 Å². The van der Waals surface area contributed by atoms with Crippen molar-refractivity contribution in [2.75, 3.05) is 12.4 Å². The molecular formula is C15H15FN2OS. The van der Waals surface area contributed by atoms with Crippen LogP contribution in [0.3, 0.4) is 0 Å². The van der Waals surface area contributed by atoms with E-state index in [-0.39, 0.29) is 10.8 Å². The molecule has 0 heterocycles. The molecule has 0 saturated carbocycles. The summed E-state index contributed by atoms with van der Waals surface area (Å²) < 4.78 is 18.5. The number of anilines is 2. The molecule has 0 aliphatic rings. The Balaban J connectivity index is 2.40. The number of rotatable bonds is 4. The molecule has 3 N–H and O–H groups in total. The molecule has 0 aliphatic carbocycles. The van der Waals surface area contributed by atoms with E-state index in [4.69, 9.17) is 22.7 Å². The zero-order valence-electron chi connectivity index (χ0n) is 11.2. The maximum Gasteiger partial charge on any atom is 0.126 e. The van der Waals surface area contributed by atoms with E-state index in [2.05, 4.69) is 5.32 Å². The number of methoxy groups -OCH3 is 1. The molecule has 2 aromatic carbocycles. The molecule has 104 valence electrons. The summed E-state index contributed by atoms with van der Waals surface area (Å²) in [5.41, 5.74) is 8.46. The molecule has 2 rings (SSSR count). The zero-order chi connectivity index (χ0) is 14.7. The van der Waals surface area contributed by atoms with Gasteiger partial charge in [-0.05, 0) is 42.8 Å². The number of nitrogens with one attached hydrogen (secondary N) is 1. The van der Waals surface area contributed by atoms with Crippen LogP contribution in [0.1, 0.15) is 11.1 Å². The van der Waals surface area contributed by atoms with E-state index in [9.17, 15) is 4.39 Å². The summed E-state index contributed by atoms with van der Waals surface area (Å²) in [6.07, 6.45) is 0. The van der Waals surface area contributed by atoms with E-state index in [1.165, 1.54) is 6.07 Å². The molecular weight excluding hydrogens is 275 g/mol. The Kier molecular flexibility index (Phi) is 4.20. The summed E-state index contributed by atoms with van der Waals surface area (Å²) >= 11 is 5.03. The molecule has 0 bridgehead atoms. The van der Waals surface area contributed by atoms with Crippen molar-refractivity contribution in [2.45, 2.75) is 6.92 Å². The number of ether oxygens (including phenoxy) is 1. The van der Waals surface area contributed by atoms with Gasteiger partial charge in [-0.1, -0.05) is 12.2 Å². The van der Waals surface area contributed by atoms with Gasteiger partial charge in [0.25, 0.3) is 0 Å². The number of hydrogen-bond acceptors (Lipinski definition) is 3. The fourth-order valence-corrected chi connectivity index (χ4v) is 2.02. The molecule has 0 saturated heterocycles. The normalized spacial score (nSPS) is 10.2. The Bertz CT molecular complexity index is 658. The van der Waals surface area contributed by atoms with E-state index < -0.39 is 0 Å². The van der Waals surface area contributed by atoms with Crippen molar-refractivity contribution in [3.63, 3.8) is 0 Å². The Hall–Kier alpha value is -2.14. The van der Waals surface area contributed by atoms with Gasteiger partial charge in [-0.2, -0.15) is 0 Å². The third kappa shape index (κ3) is 3.05. The van der Waals surface area contributed by atoms with Gasteiger partial charge >= 0.3 is 0 Å². The first kappa shape index (κ1) is 14.3. The van der Waals surface area contributed by atoms with Gasteiger partial charge < -0.3 is 15.8 Å². The lowest BCUT2D eigenvalue weighted by Gasteiger charge is -2.13. The van der Waals surface area contributed by atoms with Gasteiger partial charge in [0.05, 0.1) is 12.8 Å².